The van der Waals surface area contributed by atoms with Crippen LogP contribution in [0.3, 0.4) is 0 Å². The number of carbonyl (C=O) groups excluding carboxylic acids is 2. The molecule has 2 N–H and O–H groups in total. The normalized spacial score (nSPS) is 10.1. The molecule has 0 saturated carbocycles. The number of hydrogen-bond donors (Lipinski definition) is 1. The third kappa shape index (κ3) is 4.16. The number of hydrogen-bond acceptors (Lipinski definition) is 3. The molecular weight excluding hydrogens is 237 g/mol. The molecule has 5 heteroatoms. The summed E-state index contributed by atoms with van der Waals surface area (Å²) in [5.74, 6) is -1.02. The van der Waals surface area contributed by atoms with Crippen LogP contribution in [0.5, 0.6) is 5.75 Å². The number of primary amides is 1. The number of amides is 1. The Morgan fingerprint density at radius 1 is 1.39 bits per heavy atom. The second-order valence-corrected chi connectivity index (χ2v) is 3.85. The molecule has 0 aliphatic heterocycles. The van der Waals surface area contributed by atoms with Crippen LogP contribution >= 0.6 is 0 Å². The van der Waals surface area contributed by atoms with E-state index in [0.717, 1.165) is 6.07 Å². The van der Waals surface area contributed by atoms with Gasteiger partial charge in [0.2, 0.25) is 0 Å². The number of ether oxygens (including phenoxy) is 1. The van der Waals surface area contributed by atoms with Gasteiger partial charge in [0.05, 0.1) is 12.2 Å². The van der Waals surface area contributed by atoms with E-state index in [1.807, 2.05) is 0 Å². The van der Waals surface area contributed by atoms with E-state index in [2.05, 4.69) is 0 Å². The summed E-state index contributed by atoms with van der Waals surface area (Å²) in [7, 11) is 0. The molecule has 0 aliphatic rings. The van der Waals surface area contributed by atoms with E-state index in [1.54, 1.807) is 6.92 Å². The summed E-state index contributed by atoms with van der Waals surface area (Å²) >= 11 is 0. The number of nitrogens with two attached hydrogens (primary N) is 1. The van der Waals surface area contributed by atoms with Gasteiger partial charge < -0.3 is 10.5 Å². The van der Waals surface area contributed by atoms with Gasteiger partial charge >= 0.3 is 0 Å². The maximum atomic E-state index is 13.4. The van der Waals surface area contributed by atoms with Crippen LogP contribution in [0, 0.1) is 5.82 Å². The van der Waals surface area contributed by atoms with Crippen molar-refractivity contribution < 1.29 is 18.7 Å². The van der Waals surface area contributed by atoms with Crippen molar-refractivity contribution in [3.8, 4) is 5.75 Å². The number of carbonyl (C=O) groups is 2. The standard InChI is InChI=1S/C13H16FNO3/c1-2-9(16)4-3-7-18-10-5-6-11(13(15)17)12(14)8-10/h5-6,8H,2-4,7H2,1H3,(H2,15,17). The Kier molecular flexibility index (Phi) is 5.30. The van der Waals surface area contributed by atoms with E-state index < -0.39 is 11.7 Å². The molecule has 4 nitrogen and oxygen atoms in total. The molecule has 0 atom stereocenters. The third-order valence-electron chi connectivity index (χ3n) is 2.47. The lowest BCUT2D eigenvalue weighted by molar-refractivity contribution is -0.118. The fourth-order valence-electron chi connectivity index (χ4n) is 1.42. The maximum Gasteiger partial charge on any atom is 0.251 e. The van der Waals surface area contributed by atoms with E-state index in [0.29, 0.717) is 31.6 Å². The molecule has 0 unspecified atom stereocenters. The predicted molar refractivity (Wildman–Crippen MR) is 64.9 cm³/mol. The van der Waals surface area contributed by atoms with Gasteiger partial charge in [0.25, 0.3) is 5.91 Å². The average Bonchev–Trinajstić information content (AvgIpc) is 2.34. The van der Waals surface area contributed by atoms with Gasteiger partial charge in [0, 0.05) is 18.9 Å². The molecule has 1 aromatic rings. The van der Waals surface area contributed by atoms with Crippen LogP contribution in [-0.4, -0.2) is 18.3 Å². The lowest BCUT2D eigenvalue weighted by atomic mass is 10.2. The fraction of sp³-hybridized carbons (Fsp3) is 0.385. The second-order valence-electron chi connectivity index (χ2n) is 3.85. The van der Waals surface area contributed by atoms with Gasteiger partial charge in [-0.2, -0.15) is 0 Å². The van der Waals surface area contributed by atoms with Crippen LogP contribution in [-0.2, 0) is 4.79 Å². The first-order chi connectivity index (χ1) is 8.54. The second kappa shape index (κ2) is 6.74. The van der Waals surface area contributed by atoms with Crippen LogP contribution in [0.25, 0.3) is 0 Å². The predicted octanol–water partition coefficient (Wildman–Crippen LogP) is 2.06. The summed E-state index contributed by atoms with van der Waals surface area (Å²) in [6.07, 6.45) is 1.56. The summed E-state index contributed by atoms with van der Waals surface area (Å²) in [5.41, 5.74) is 4.81. The van der Waals surface area contributed by atoms with Crippen molar-refractivity contribution in [1.82, 2.24) is 0 Å². The zero-order chi connectivity index (χ0) is 13.5. The van der Waals surface area contributed by atoms with E-state index >= 15 is 0 Å². The number of rotatable bonds is 7. The van der Waals surface area contributed by atoms with E-state index in [9.17, 15) is 14.0 Å². The summed E-state index contributed by atoms with van der Waals surface area (Å²) in [4.78, 5) is 21.8. The number of Topliss-reactive ketones (excluding diaryl/α,β-unsaturated/α-hetero) is 1. The minimum absolute atomic E-state index is 0.163. The molecule has 1 rings (SSSR count). The van der Waals surface area contributed by atoms with Crippen LogP contribution in [0.4, 0.5) is 4.39 Å². The molecule has 18 heavy (non-hydrogen) atoms. The van der Waals surface area contributed by atoms with Gasteiger partial charge in [-0.05, 0) is 18.6 Å². The highest BCUT2D eigenvalue weighted by atomic mass is 19.1. The molecule has 1 amide bonds. The van der Waals surface area contributed by atoms with Crippen LogP contribution in [0.1, 0.15) is 36.5 Å². The van der Waals surface area contributed by atoms with Crippen molar-refractivity contribution in [3.05, 3.63) is 29.6 Å². The molecule has 0 fully saturated rings. The lowest BCUT2D eigenvalue weighted by Gasteiger charge is -2.06. The van der Waals surface area contributed by atoms with Crippen LogP contribution in [0.2, 0.25) is 0 Å². The van der Waals surface area contributed by atoms with Crippen molar-refractivity contribution in [1.29, 1.82) is 0 Å². The third-order valence-corrected chi connectivity index (χ3v) is 2.47. The molecule has 0 heterocycles. The molecule has 0 aromatic heterocycles. The first-order valence-corrected chi connectivity index (χ1v) is 5.78. The van der Waals surface area contributed by atoms with Gasteiger partial charge in [0.15, 0.2) is 0 Å². The first-order valence-electron chi connectivity index (χ1n) is 5.78. The summed E-state index contributed by atoms with van der Waals surface area (Å²) in [6, 6.07) is 3.87. The SMILES string of the molecule is CCC(=O)CCCOc1ccc(C(N)=O)c(F)c1. The smallest absolute Gasteiger partial charge is 0.251 e. The molecule has 0 radical (unpaired) electrons. The Hall–Kier alpha value is -1.91. The summed E-state index contributed by atoms with van der Waals surface area (Å²) in [6.45, 7) is 2.14. The Morgan fingerprint density at radius 2 is 2.11 bits per heavy atom. The zero-order valence-electron chi connectivity index (χ0n) is 10.2. The van der Waals surface area contributed by atoms with Gasteiger partial charge in [-0.25, -0.2) is 4.39 Å². The summed E-state index contributed by atoms with van der Waals surface area (Å²) in [5, 5.41) is 0. The number of benzene rings is 1. The van der Waals surface area contributed by atoms with Gasteiger partial charge in [-0.3, -0.25) is 9.59 Å². The molecule has 0 bridgehead atoms. The maximum absolute atomic E-state index is 13.4. The zero-order valence-corrected chi connectivity index (χ0v) is 10.2. The van der Waals surface area contributed by atoms with Crippen molar-refractivity contribution in [2.75, 3.05) is 6.61 Å². The monoisotopic (exact) mass is 253 g/mol. The highest BCUT2D eigenvalue weighted by Crippen LogP contribution is 2.16. The highest BCUT2D eigenvalue weighted by molar-refractivity contribution is 5.93. The molecule has 0 spiro atoms. The molecule has 0 saturated heterocycles. The highest BCUT2D eigenvalue weighted by Gasteiger charge is 2.09. The number of halogens is 1. The summed E-state index contributed by atoms with van der Waals surface area (Å²) < 4.78 is 18.6. The minimum atomic E-state index is -0.812. The Balaban J connectivity index is 2.46. The minimum Gasteiger partial charge on any atom is -0.493 e. The molecule has 0 aliphatic carbocycles. The van der Waals surface area contributed by atoms with Crippen molar-refractivity contribution >= 4 is 11.7 Å². The van der Waals surface area contributed by atoms with E-state index in [4.69, 9.17) is 10.5 Å². The van der Waals surface area contributed by atoms with Crippen molar-refractivity contribution in [2.45, 2.75) is 26.2 Å². The first kappa shape index (κ1) is 14.2. The fourth-order valence-corrected chi connectivity index (χ4v) is 1.42. The van der Waals surface area contributed by atoms with Crippen LogP contribution in [0.15, 0.2) is 18.2 Å². The van der Waals surface area contributed by atoms with Gasteiger partial charge in [0.1, 0.15) is 17.3 Å². The quantitative estimate of drug-likeness (QED) is 0.756. The Labute approximate surface area is 105 Å². The molecular formula is C13H16FNO3. The Morgan fingerprint density at radius 3 is 2.67 bits per heavy atom. The van der Waals surface area contributed by atoms with Gasteiger partial charge in [-0.15, -0.1) is 0 Å². The van der Waals surface area contributed by atoms with Crippen molar-refractivity contribution in [3.63, 3.8) is 0 Å². The van der Waals surface area contributed by atoms with E-state index in [-0.39, 0.29) is 11.3 Å². The topological polar surface area (TPSA) is 69.4 Å². The molecule has 98 valence electrons. The lowest BCUT2D eigenvalue weighted by Crippen LogP contribution is -2.13. The van der Waals surface area contributed by atoms with E-state index in [1.165, 1.54) is 12.1 Å². The molecule has 1 aromatic carbocycles. The Bertz CT molecular complexity index is 446. The largest absolute Gasteiger partial charge is 0.493 e. The van der Waals surface area contributed by atoms with Crippen molar-refractivity contribution in [2.24, 2.45) is 5.73 Å². The number of ketones is 1. The van der Waals surface area contributed by atoms with Crippen LogP contribution < -0.4 is 10.5 Å². The average molecular weight is 253 g/mol. The van der Waals surface area contributed by atoms with Gasteiger partial charge in [-0.1, -0.05) is 6.92 Å².